The Morgan fingerprint density at radius 3 is 2.67 bits per heavy atom. The summed E-state index contributed by atoms with van der Waals surface area (Å²) >= 11 is 11.8. The van der Waals surface area contributed by atoms with Crippen LogP contribution in [-0.2, 0) is 0 Å². The molecule has 0 amide bonds. The second-order valence-electron chi connectivity index (χ2n) is 2.78. The van der Waals surface area contributed by atoms with Gasteiger partial charge in [-0.1, -0.05) is 42.3 Å². The Kier molecular flexibility index (Phi) is 3.39. The van der Waals surface area contributed by atoms with Crippen LogP contribution in [0.3, 0.4) is 0 Å². The third kappa shape index (κ3) is 1.92. The first-order valence-corrected chi connectivity index (χ1v) is 4.56. The standard InChI is InChI=1S/C9H11Cl2N/c1-6(5-12)7-3-2-4-8(10)9(7)11/h2-4,6H,5,12H2,1H3. The molecule has 0 radical (unpaired) electrons. The predicted octanol–water partition coefficient (Wildman–Crippen LogP) is 3.06. The molecule has 0 aliphatic heterocycles. The fourth-order valence-corrected chi connectivity index (χ4v) is 1.52. The van der Waals surface area contributed by atoms with Gasteiger partial charge >= 0.3 is 0 Å². The van der Waals surface area contributed by atoms with E-state index in [1.165, 1.54) is 0 Å². The molecule has 12 heavy (non-hydrogen) atoms. The summed E-state index contributed by atoms with van der Waals surface area (Å²) in [5, 5.41) is 1.21. The molecule has 3 heteroatoms. The first-order chi connectivity index (χ1) is 5.66. The average molecular weight is 204 g/mol. The lowest BCUT2D eigenvalue weighted by Crippen LogP contribution is -2.09. The molecule has 2 N–H and O–H groups in total. The van der Waals surface area contributed by atoms with Crippen molar-refractivity contribution < 1.29 is 0 Å². The Morgan fingerprint density at radius 2 is 2.08 bits per heavy atom. The number of nitrogens with two attached hydrogens (primary N) is 1. The Morgan fingerprint density at radius 1 is 1.42 bits per heavy atom. The van der Waals surface area contributed by atoms with Crippen LogP contribution in [-0.4, -0.2) is 6.54 Å². The van der Waals surface area contributed by atoms with Gasteiger partial charge in [-0.3, -0.25) is 0 Å². The van der Waals surface area contributed by atoms with Crippen molar-refractivity contribution >= 4 is 23.2 Å². The largest absolute Gasteiger partial charge is 0.330 e. The Labute approximate surface area is 82.5 Å². The van der Waals surface area contributed by atoms with E-state index in [2.05, 4.69) is 0 Å². The molecular formula is C9H11Cl2N. The molecule has 0 aliphatic rings. The van der Waals surface area contributed by atoms with Crippen molar-refractivity contribution in [2.45, 2.75) is 12.8 Å². The van der Waals surface area contributed by atoms with Gasteiger partial charge < -0.3 is 5.73 Å². The molecule has 1 aromatic carbocycles. The van der Waals surface area contributed by atoms with E-state index in [4.69, 9.17) is 28.9 Å². The van der Waals surface area contributed by atoms with Crippen molar-refractivity contribution in [3.05, 3.63) is 33.8 Å². The number of benzene rings is 1. The summed E-state index contributed by atoms with van der Waals surface area (Å²) in [7, 11) is 0. The second-order valence-corrected chi connectivity index (χ2v) is 3.56. The Bertz CT molecular complexity index is 273. The Hall–Kier alpha value is -0.240. The highest BCUT2D eigenvalue weighted by atomic mass is 35.5. The number of halogens is 2. The maximum atomic E-state index is 5.98. The topological polar surface area (TPSA) is 26.0 Å². The van der Waals surface area contributed by atoms with Gasteiger partial charge in [-0.2, -0.15) is 0 Å². The van der Waals surface area contributed by atoms with Crippen LogP contribution in [0.2, 0.25) is 10.0 Å². The van der Waals surface area contributed by atoms with Gasteiger partial charge in [0.1, 0.15) is 0 Å². The lowest BCUT2D eigenvalue weighted by molar-refractivity contribution is 0.774. The molecule has 66 valence electrons. The molecule has 0 heterocycles. The minimum atomic E-state index is 0.260. The average Bonchev–Trinajstić information content (AvgIpc) is 2.08. The SMILES string of the molecule is CC(CN)c1cccc(Cl)c1Cl. The van der Waals surface area contributed by atoms with Gasteiger partial charge in [-0.15, -0.1) is 0 Å². The monoisotopic (exact) mass is 203 g/mol. The number of hydrogen-bond donors (Lipinski definition) is 1. The first kappa shape index (κ1) is 9.85. The molecule has 1 aromatic rings. The molecule has 1 rings (SSSR count). The van der Waals surface area contributed by atoms with Crippen molar-refractivity contribution in [2.75, 3.05) is 6.54 Å². The summed E-state index contributed by atoms with van der Waals surface area (Å²) in [4.78, 5) is 0. The van der Waals surface area contributed by atoms with Gasteiger partial charge in [0.15, 0.2) is 0 Å². The predicted molar refractivity (Wildman–Crippen MR) is 53.9 cm³/mol. The minimum absolute atomic E-state index is 0.260. The zero-order valence-electron chi connectivity index (χ0n) is 6.85. The van der Waals surface area contributed by atoms with Crippen LogP contribution < -0.4 is 5.73 Å². The molecule has 0 bridgehead atoms. The van der Waals surface area contributed by atoms with E-state index in [-0.39, 0.29) is 5.92 Å². The number of rotatable bonds is 2. The van der Waals surface area contributed by atoms with Crippen molar-refractivity contribution in [1.82, 2.24) is 0 Å². The van der Waals surface area contributed by atoms with Crippen molar-refractivity contribution in [3.8, 4) is 0 Å². The zero-order chi connectivity index (χ0) is 9.14. The van der Waals surface area contributed by atoms with Gasteiger partial charge in [0.25, 0.3) is 0 Å². The molecule has 0 saturated carbocycles. The highest BCUT2D eigenvalue weighted by Gasteiger charge is 2.09. The van der Waals surface area contributed by atoms with Crippen LogP contribution >= 0.6 is 23.2 Å². The fourth-order valence-electron chi connectivity index (χ4n) is 1.03. The quantitative estimate of drug-likeness (QED) is 0.787. The van der Waals surface area contributed by atoms with Crippen LogP contribution in [0.1, 0.15) is 18.4 Å². The third-order valence-corrected chi connectivity index (χ3v) is 2.70. The molecule has 0 aromatic heterocycles. The smallest absolute Gasteiger partial charge is 0.0627 e. The van der Waals surface area contributed by atoms with E-state index < -0.39 is 0 Å². The number of hydrogen-bond acceptors (Lipinski definition) is 1. The molecule has 1 unspecified atom stereocenters. The van der Waals surface area contributed by atoms with E-state index in [1.807, 2.05) is 19.1 Å². The first-order valence-electron chi connectivity index (χ1n) is 3.80. The van der Waals surface area contributed by atoms with Crippen LogP contribution in [0, 0.1) is 0 Å². The zero-order valence-corrected chi connectivity index (χ0v) is 8.36. The molecular weight excluding hydrogens is 193 g/mol. The van der Waals surface area contributed by atoms with Gasteiger partial charge in [0.2, 0.25) is 0 Å². The van der Waals surface area contributed by atoms with E-state index >= 15 is 0 Å². The van der Waals surface area contributed by atoms with Crippen molar-refractivity contribution in [1.29, 1.82) is 0 Å². The van der Waals surface area contributed by atoms with E-state index in [0.29, 0.717) is 16.6 Å². The Balaban J connectivity index is 3.07. The molecule has 0 aliphatic carbocycles. The van der Waals surface area contributed by atoms with Crippen LogP contribution in [0.4, 0.5) is 0 Å². The molecule has 1 atom stereocenters. The van der Waals surface area contributed by atoms with Gasteiger partial charge in [0, 0.05) is 0 Å². The lowest BCUT2D eigenvalue weighted by atomic mass is 10.0. The molecule has 0 spiro atoms. The van der Waals surface area contributed by atoms with Crippen molar-refractivity contribution in [3.63, 3.8) is 0 Å². The van der Waals surface area contributed by atoms with E-state index in [1.54, 1.807) is 6.07 Å². The highest BCUT2D eigenvalue weighted by molar-refractivity contribution is 6.42. The molecule has 0 fully saturated rings. The van der Waals surface area contributed by atoms with Gasteiger partial charge in [0.05, 0.1) is 10.0 Å². The maximum absolute atomic E-state index is 5.98. The van der Waals surface area contributed by atoms with Gasteiger partial charge in [-0.25, -0.2) is 0 Å². The third-order valence-electron chi connectivity index (χ3n) is 1.87. The maximum Gasteiger partial charge on any atom is 0.0627 e. The summed E-state index contributed by atoms with van der Waals surface area (Å²) in [5.41, 5.74) is 6.54. The molecule has 1 nitrogen and oxygen atoms in total. The summed E-state index contributed by atoms with van der Waals surface area (Å²) in [6.07, 6.45) is 0. The summed E-state index contributed by atoms with van der Waals surface area (Å²) in [5.74, 6) is 0.260. The summed E-state index contributed by atoms with van der Waals surface area (Å²) in [6, 6.07) is 5.61. The normalized spacial score (nSPS) is 13.0. The summed E-state index contributed by atoms with van der Waals surface area (Å²) in [6.45, 7) is 2.61. The van der Waals surface area contributed by atoms with E-state index in [0.717, 1.165) is 5.56 Å². The van der Waals surface area contributed by atoms with Gasteiger partial charge in [-0.05, 0) is 24.1 Å². The highest BCUT2D eigenvalue weighted by Crippen LogP contribution is 2.30. The van der Waals surface area contributed by atoms with Crippen LogP contribution in [0.15, 0.2) is 18.2 Å². The van der Waals surface area contributed by atoms with E-state index in [9.17, 15) is 0 Å². The second kappa shape index (κ2) is 4.13. The van der Waals surface area contributed by atoms with Crippen molar-refractivity contribution in [2.24, 2.45) is 5.73 Å². The summed E-state index contributed by atoms with van der Waals surface area (Å²) < 4.78 is 0. The van der Waals surface area contributed by atoms with Crippen LogP contribution in [0.25, 0.3) is 0 Å². The minimum Gasteiger partial charge on any atom is -0.330 e. The fraction of sp³-hybridized carbons (Fsp3) is 0.333. The molecule has 0 saturated heterocycles. The lowest BCUT2D eigenvalue weighted by Gasteiger charge is -2.11. The van der Waals surface area contributed by atoms with Crippen LogP contribution in [0.5, 0.6) is 0 Å².